The number of hydrogen-bond acceptors (Lipinski definition) is 5. The molecule has 0 radical (unpaired) electrons. The number of rotatable bonds is 10. The Morgan fingerprint density at radius 1 is 1.18 bits per heavy atom. The quantitative estimate of drug-likeness (QED) is 0.403. The molecule has 2 saturated heterocycles. The highest BCUT2D eigenvalue weighted by Crippen LogP contribution is 2.38. The molecule has 0 unspecified atom stereocenters. The zero-order valence-corrected chi connectivity index (χ0v) is 22.1. The minimum atomic E-state index is -0.851. The SMILES string of the molecule is CSc1ccc(CC(=O)N2CCC([C@@]3(CCC(C)C)NC(=O)N(CCN(C)C)C3=O)CC2)cc1. The van der Waals surface area contributed by atoms with Crippen LogP contribution in [0.15, 0.2) is 29.2 Å². The van der Waals surface area contributed by atoms with Crippen molar-refractivity contribution in [3.63, 3.8) is 0 Å². The van der Waals surface area contributed by atoms with Crippen LogP contribution in [0.3, 0.4) is 0 Å². The predicted octanol–water partition coefficient (Wildman–Crippen LogP) is 3.48. The van der Waals surface area contributed by atoms with E-state index in [1.807, 2.05) is 42.3 Å². The topological polar surface area (TPSA) is 73.0 Å². The number of amides is 4. The number of carbonyl (C=O) groups is 3. The highest BCUT2D eigenvalue weighted by molar-refractivity contribution is 7.98. The second-order valence-electron chi connectivity index (χ2n) is 10.3. The van der Waals surface area contributed by atoms with Crippen molar-refractivity contribution in [1.29, 1.82) is 0 Å². The summed E-state index contributed by atoms with van der Waals surface area (Å²) in [4.78, 5) is 45.9. The minimum Gasteiger partial charge on any atom is -0.342 e. The van der Waals surface area contributed by atoms with Gasteiger partial charge in [0.25, 0.3) is 5.91 Å². The molecule has 1 aromatic carbocycles. The molecule has 4 amide bonds. The molecule has 0 bridgehead atoms. The normalized spacial score (nSPS) is 21.6. The van der Waals surface area contributed by atoms with Crippen LogP contribution in [0.25, 0.3) is 0 Å². The van der Waals surface area contributed by atoms with Gasteiger partial charge in [0.05, 0.1) is 6.42 Å². The number of benzene rings is 1. The van der Waals surface area contributed by atoms with Crippen LogP contribution >= 0.6 is 11.8 Å². The number of thioether (sulfide) groups is 1. The fourth-order valence-corrected chi connectivity index (χ4v) is 5.37. The van der Waals surface area contributed by atoms with Gasteiger partial charge in [-0.25, -0.2) is 4.79 Å². The number of hydrogen-bond donors (Lipinski definition) is 1. The Bertz CT molecular complexity index is 865. The summed E-state index contributed by atoms with van der Waals surface area (Å²) in [5.74, 6) is 0.521. The zero-order valence-electron chi connectivity index (χ0n) is 21.3. The van der Waals surface area contributed by atoms with E-state index in [0.29, 0.717) is 44.9 Å². The average molecular weight is 489 g/mol. The smallest absolute Gasteiger partial charge is 0.325 e. The third-order valence-electron chi connectivity index (χ3n) is 7.15. The number of nitrogens with zero attached hydrogens (tertiary/aromatic N) is 3. The molecule has 1 N–H and O–H groups in total. The first kappa shape index (κ1) is 26.5. The van der Waals surface area contributed by atoms with E-state index in [9.17, 15) is 14.4 Å². The third-order valence-corrected chi connectivity index (χ3v) is 7.89. The molecule has 0 aromatic heterocycles. The van der Waals surface area contributed by atoms with Crippen molar-refractivity contribution in [1.82, 2.24) is 20.0 Å². The van der Waals surface area contributed by atoms with Crippen LogP contribution in [0, 0.1) is 11.8 Å². The molecule has 3 rings (SSSR count). The van der Waals surface area contributed by atoms with Gasteiger partial charge in [0.1, 0.15) is 5.54 Å². The van der Waals surface area contributed by atoms with E-state index < -0.39 is 5.54 Å². The molecule has 188 valence electrons. The highest BCUT2D eigenvalue weighted by atomic mass is 32.2. The lowest BCUT2D eigenvalue weighted by molar-refractivity contribution is -0.136. The van der Waals surface area contributed by atoms with Gasteiger partial charge in [-0.15, -0.1) is 11.8 Å². The molecule has 2 aliphatic heterocycles. The summed E-state index contributed by atoms with van der Waals surface area (Å²) in [6.07, 6.45) is 5.40. The van der Waals surface area contributed by atoms with Crippen molar-refractivity contribution >= 4 is 29.6 Å². The van der Waals surface area contributed by atoms with Crippen LogP contribution in [-0.2, 0) is 16.0 Å². The molecule has 0 spiro atoms. The number of likely N-dealkylation sites (tertiary alicyclic amines) is 1. The first-order valence-electron chi connectivity index (χ1n) is 12.4. The Balaban J connectivity index is 1.66. The van der Waals surface area contributed by atoms with Crippen LogP contribution in [0.4, 0.5) is 4.79 Å². The van der Waals surface area contributed by atoms with E-state index in [0.717, 1.165) is 24.8 Å². The minimum absolute atomic E-state index is 0.0389. The maximum absolute atomic E-state index is 13.6. The Labute approximate surface area is 208 Å². The number of nitrogens with one attached hydrogen (secondary N) is 1. The molecule has 2 heterocycles. The molecule has 1 atom stereocenters. The first-order valence-corrected chi connectivity index (χ1v) is 13.6. The number of carbonyl (C=O) groups excluding carboxylic acids is 3. The second kappa shape index (κ2) is 11.6. The monoisotopic (exact) mass is 488 g/mol. The van der Waals surface area contributed by atoms with E-state index in [1.54, 1.807) is 11.8 Å². The number of piperidine rings is 1. The Kier molecular flexibility index (Phi) is 9.04. The van der Waals surface area contributed by atoms with Gasteiger partial charge in [-0.1, -0.05) is 26.0 Å². The largest absolute Gasteiger partial charge is 0.342 e. The summed E-state index contributed by atoms with van der Waals surface area (Å²) in [5.41, 5.74) is 0.171. The molecular weight excluding hydrogens is 448 g/mol. The van der Waals surface area contributed by atoms with Crippen LogP contribution < -0.4 is 5.32 Å². The maximum Gasteiger partial charge on any atom is 0.325 e. The Morgan fingerprint density at radius 3 is 2.38 bits per heavy atom. The Morgan fingerprint density at radius 2 is 1.82 bits per heavy atom. The summed E-state index contributed by atoms with van der Waals surface area (Å²) in [7, 11) is 3.88. The van der Waals surface area contributed by atoms with Gasteiger partial charge in [-0.3, -0.25) is 14.5 Å². The summed E-state index contributed by atoms with van der Waals surface area (Å²) in [6, 6.07) is 7.87. The van der Waals surface area contributed by atoms with Crippen LogP contribution in [-0.4, -0.2) is 84.6 Å². The van der Waals surface area contributed by atoms with E-state index in [-0.39, 0.29) is 23.8 Å². The lowest BCUT2D eigenvalue weighted by atomic mass is 9.73. The van der Waals surface area contributed by atoms with Gasteiger partial charge in [-0.05, 0) is 75.6 Å². The van der Waals surface area contributed by atoms with E-state index in [2.05, 4.69) is 31.3 Å². The zero-order chi connectivity index (χ0) is 24.9. The fourth-order valence-electron chi connectivity index (χ4n) is 4.97. The van der Waals surface area contributed by atoms with Crippen LogP contribution in [0.5, 0.6) is 0 Å². The molecule has 0 saturated carbocycles. The van der Waals surface area contributed by atoms with Crippen molar-refractivity contribution in [2.45, 2.75) is 56.4 Å². The molecule has 7 nitrogen and oxygen atoms in total. The Hall–Kier alpha value is -2.06. The van der Waals surface area contributed by atoms with Gasteiger partial charge < -0.3 is 15.1 Å². The van der Waals surface area contributed by atoms with Crippen molar-refractivity contribution < 1.29 is 14.4 Å². The van der Waals surface area contributed by atoms with Gasteiger partial charge >= 0.3 is 6.03 Å². The van der Waals surface area contributed by atoms with E-state index >= 15 is 0 Å². The van der Waals surface area contributed by atoms with Crippen molar-refractivity contribution in [2.24, 2.45) is 11.8 Å². The predicted molar refractivity (Wildman–Crippen MR) is 137 cm³/mol. The maximum atomic E-state index is 13.6. The number of imide groups is 1. The molecule has 2 fully saturated rings. The third kappa shape index (κ3) is 6.13. The summed E-state index contributed by atoms with van der Waals surface area (Å²) in [5, 5.41) is 3.12. The van der Waals surface area contributed by atoms with Crippen molar-refractivity contribution in [3.8, 4) is 0 Å². The van der Waals surface area contributed by atoms with Gasteiger partial charge in [0.15, 0.2) is 0 Å². The summed E-state index contributed by atoms with van der Waals surface area (Å²) >= 11 is 1.69. The standard InChI is InChI=1S/C26H40N4O3S/c1-19(2)10-13-26(24(32)30(25(33)27-26)17-16-28(3)4)21-11-14-29(15-12-21)23(31)18-20-6-8-22(34-5)9-7-20/h6-9,19,21H,10-18H2,1-5H3,(H,27,33)/t26-/m1/s1. The molecule has 2 aliphatic rings. The lowest BCUT2D eigenvalue weighted by Crippen LogP contribution is -2.57. The highest BCUT2D eigenvalue weighted by Gasteiger charge is 2.55. The van der Waals surface area contributed by atoms with Gasteiger partial charge in [0.2, 0.25) is 5.91 Å². The summed E-state index contributed by atoms with van der Waals surface area (Å²) in [6.45, 7) is 6.57. The number of urea groups is 1. The van der Waals surface area contributed by atoms with Crippen LogP contribution in [0.1, 0.15) is 45.1 Å². The van der Waals surface area contributed by atoms with E-state index in [4.69, 9.17) is 0 Å². The van der Waals surface area contributed by atoms with Gasteiger partial charge in [0, 0.05) is 31.1 Å². The average Bonchev–Trinajstić information content (AvgIpc) is 3.06. The van der Waals surface area contributed by atoms with Gasteiger partial charge in [-0.2, -0.15) is 0 Å². The first-order chi connectivity index (χ1) is 16.2. The van der Waals surface area contributed by atoms with Crippen LogP contribution in [0.2, 0.25) is 0 Å². The molecule has 1 aromatic rings. The van der Waals surface area contributed by atoms with Crippen molar-refractivity contribution in [3.05, 3.63) is 29.8 Å². The molecule has 8 heteroatoms. The molecule has 0 aliphatic carbocycles. The molecule has 34 heavy (non-hydrogen) atoms. The second-order valence-corrected chi connectivity index (χ2v) is 11.2. The van der Waals surface area contributed by atoms with E-state index in [1.165, 1.54) is 9.80 Å². The lowest BCUT2D eigenvalue weighted by Gasteiger charge is -2.41. The molecular formula is C26H40N4O3S. The summed E-state index contributed by atoms with van der Waals surface area (Å²) < 4.78 is 0. The number of likely N-dealkylation sites (N-methyl/N-ethyl adjacent to an activating group) is 1. The van der Waals surface area contributed by atoms with Crippen molar-refractivity contribution in [2.75, 3.05) is 46.5 Å². The fraction of sp³-hybridized carbons (Fsp3) is 0.654.